The zero-order valence-electron chi connectivity index (χ0n) is 14.9. The largest absolute Gasteiger partial charge is 0.444 e. The molecule has 0 aliphatic carbocycles. The Morgan fingerprint density at radius 1 is 1.23 bits per heavy atom. The van der Waals surface area contributed by atoms with Crippen LogP contribution in [-0.2, 0) is 4.74 Å². The van der Waals surface area contributed by atoms with E-state index in [-0.39, 0.29) is 12.1 Å². The number of carbonyl (C=O) groups is 1. The van der Waals surface area contributed by atoms with Crippen LogP contribution in [0.5, 0.6) is 0 Å². The van der Waals surface area contributed by atoms with Crippen molar-refractivity contribution in [2.24, 2.45) is 5.92 Å². The molecule has 1 N–H and O–H groups in total. The first-order valence-corrected chi connectivity index (χ1v) is 8.70. The van der Waals surface area contributed by atoms with Gasteiger partial charge in [0.15, 0.2) is 0 Å². The predicted octanol–water partition coefficient (Wildman–Crippen LogP) is 2.32. The van der Waals surface area contributed by atoms with Crippen molar-refractivity contribution in [2.45, 2.75) is 65.1 Å². The molecule has 3 atom stereocenters. The predicted molar refractivity (Wildman–Crippen MR) is 89.0 cm³/mol. The number of nitrogens with zero attached hydrogens (tertiary/aromatic N) is 2. The van der Waals surface area contributed by atoms with E-state index in [1.54, 1.807) is 0 Å². The minimum Gasteiger partial charge on any atom is -0.444 e. The number of amides is 1. The molecular weight excluding hydrogens is 278 g/mol. The SMILES string of the molecule is C[C@@H]1CN(C(=O)OC(C)(C)C)[C@@H](C)CN1CC1CCCNC1. The van der Waals surface area contributed by atoms with Crippen LogP contribution in [0.1, 0.15) is 47.5 Å². The van der Waals surface area contributed by atoms with Gasteiger partial charge in [0.2, 0.25) is 0 Å². The number of hydrogen-bond donors (Lipinski definition) is 1. The highest BCUT2D eigenvalue weighted by Gasteiger charge is 2.35. The van der Waals surface area contributed by atoms with Gasteiger partial charge in [-0.3, -0.25) is 4.90 Å². The molecule has 5 nitrogen and oxygen atoms in total. The van der Waals surface area contributed by atoms with Gasteiger partial charge in [-0.15, -0.1) is 0 Å². The summed E-state index contributed by atoms with van der Waals surface area (Å²) in [4.78, 5) is 16.8. The first kappa shape index (κ1) is 17.5. The average Bonchev–Trinajstić information content (AvgIpc) is 2.41. The summed E-state index contributed by atoms with van der Waals surface area (Å²) in [7, 11) is 0. The van der Waals surface area contributed by atoms with Crippen molar-refractivity contribution in [1.29, 1.82) is 0 Å². The molecule has 2 aliphatic rings. The molecule has 2 heterocycles. The Labute approximate surface area is 135 Å². The number of piperazine rings is 1. The van der Waals surface area contributed by atoms with Gasteiger partial charge in [0.05, 0.1) is 0 Å². The summed E-state index contributed by atoms with van der Waals surface area (Å²) in [5.41, 5.74) is -0.426. The van der Waals surface area contributed by atoms with E-state index in [9.17, 15) is 4.79 Å². The van der Waals surface area contributed by atoms with Crippen LogP contribution in [0, 0.1) is 5.92 Å². The third-order valence-electron chi connectivity index (χ3n) is 4.63. The van der Waals surface area contributed by atoms with Crippen LogP contribution < -0.4 is 5.32 Å². The maximum Gasteiger partial charge on any atom is 0.410 e. The molecule has 0 aromatic heterocycles. The zero-order chi connectivity index (χ0) is 16.3. The van der Waals surface area contributed by atoms with Gasteiger partial charge < -0.3 is 15.0 Å². The number of ether oxygens (including phenoxy) is 1. The third-order valence-corrected chi connectivity index (χ3v) is 4.63. The van der Waals surface area contributed by atoms with Gasteiger partial charge in [0.25, 0.3) is 0 Å². The van der Waals surface area contributed by atoms with Crippen molar-refractivity contribution < 1.29 is 9.53 Å². The zero-order valence-corrected chi connectivity index (χ0v) is 14.9. The first-order chi connectivity index (χ1) is 10.3. The van der Waals surface area contributed by atoms with Crippen molar-refractivity contribution in [2.75, 3.05) is 32.7 Å². The second-order valence-corrected chi connectivity index (χ2v) is 8.00. The Balaban J connectivity index is 1.89. The Morgan fingerprint density at radius 3 is 2.55 bits per heavy atom. The number of carbonyl (C=O) groups excluding carboxylic acids is 1. The van der Waals surface area contributed by atoms with E-state index in [0.717, 1.165) is 38.6 Å². The van der Waals surface area contributed by atoms with E-state index in [2.05, 4.69) is 24.1 Å². The molecule has 2 aliphatic heterocycles. The molecule has 22 heavy (non-hydrogen) atoms. The molecule has 2 fully saturated rings. The van der Waals surface area contributed by atoms with Gasteiger partial charge in [-0.25, -0.2) is 4.79 Å². The molecule has 0 saturated carbocycles. The monoisotopic (exact) mass is 311 g/mol. The van der Waals surface area contributed by atoms with Gasteiger partial charge in [0.1, 0.15) is 5.60 Å². The van der Waals surface area contributed by atoms with E-state index in [1.807, 2.05) is 25.7 Å². The lowest BCUT2D eigenvalue weighted by molar-refractivity contribution is -0.0134. The molecule has 1 amide bonds. The van der Waals surface area contributed by atoms with Gasteiger partial charge in [0, 0.05) is 31.7 Å². The number of hydrogen-bond acceptors (Lipinski definition) is 4. The molecule has 5 heteroatoms. The molecule has 0 bridgehead atoms. The Hall–Kier alpha value is -0.810. The van der Waals surface area contributed by atoms with Crippen LogP contribution in [0.25, 0.3) is 0 Å². The van der Waals surface area contributed by atoms with E-state index in [1.165, 1.54) is 12.8 Å². The van der Waals surface area contributed by atoms with Crippen molar-refractivity contribution in [3.05, 3.63) is 0 Å². The molecule has 128 valence electrons. The van der Waals surface area contributed by atoms with Gasteiger partial charge in [-0.1, -0.05) is 0 Å². The van der Waals surface area contributed by atoms with Crippen molar-refractivity contribution >= 4 is 6.09 Å². The lowest BCUT2D eigenvalue weighted by atomic mass is 9.97. The van der Waals surface area contributed by atoms with Crippen LogP contribution >= 0.6 is 0 Å². The van der Waals surface area contributed by atoms with Crippen LogP contribution in [-0.4, -0.2) is 66.3 Å². The normalized spacial score (nSPS) is 31.1. The van der Waals surface area contributed by atoms with Gasteiger partial charge in [-0.2, -0.15) is 0 Å². The molecule has 0 aromatic rings. The maximum atomic E-state index is 12.3. The topological polar surface area (TPSA) is 44.8 Å². The molecular formula is C17H33N3O2. The summed E-state index contributed by atoms with van der Waals surface area (Å²) in [6.45, 7) is 15.2. The van der Waals surface area contributed by atoms with Crippen LogP contribution in [0.2, 0.25) is 0 Å². The fourth-order valence-corrected chi connectivity index (χ4v) is 3.44. The van der Waals surface area contributed by atoms with E-state index >= 15 is 0 Å². The smallest absolute Gasteiger partial charge is 0.410 e. The lowest BCUT2D eigenvalue weighted by Gasteiger charge is -2.45. The van der Waals surface area contributed by atoms with E-state index in [0.29, 0.717) is 6.04 Å². The summed E-state index contributed by atoms with van der Waals surface area (Å²) >= 11 is 0. The second-order valence-electron chi connectivity index (χ2n) is 8.00. The molecule has 1 unspecified atom stereocenters. The number of nitrogens with one attached hydrogen (secondary N) is 1. The fraction of sp³-hybridized carbons (Fsp3) is 0.941. The molecule has 2 saturated heterocycles. The van der Waals surface area contributed by atoms with Crippen LogP contribution in [0.3, 0.4) is 0 Å². The average molecular weight is 311 g/mol. The molecule has 0 aromatic carbocycles. The highest BCUT2D eigenvalue weighted by Crippen LogP contribution is 2.21. The summed E-state index contributed by atoms with van der Waals surface area (Å²) in [6, 6.07) is 0.605. The second kappa shape index (κ2) is 7.18. The summed E-state index contributed by atoms with van der Waals surface area (Å²) in [6.07, 6.45) is 2.43. The Kier molecular flexibility index (Phi) is 5.72. The van der Waals surface area contributed by atoms with Crippen molar-refractivity contribution in [3.63, 3.8) is 0 Å². The minimum atomic E-state index is -0.426. The molecule has 0 spiro atoms. The Morgan fingerprint density at radius 2 is 1.95 bits per heavy atom. The molecule has 0 radical (unpaired) electrons. The lowest BCUT2D eigenvalue weighted by Crippen LogP contribution is -2.59. The highest BCUT2D eigenvalue weighted by molar-refractivity contribution is 5.68. The molecule has 2 rings (SSSR count). The number of piperidine rings is 1. The van der Waals surface area contributed by atoms with Crippen molar-refractivity contribution in [3.8, 4) is 0 Å². The Bertz CT molecular complexity index is 375. The summed E-state index contributed by atoms with van der Waals surface area (Å²) < 4.78 is 5.54. The van der Waals surface area contributed by atoms with E-state index < -0.39 is 5.60 Å². The summed E-state index contributed by atoms with van der Waals surface area (Å²) in [5, 5.41) is 3.49. The van der Waals surface area contributed by atoms with Crippen LogP contribution in [0.15, 0.2) is 0 Å². The number of rotatable bonds is 2. The minimum absolute atomic E-state index is 0.175. The van der Waals surface area contributed by atoms with Crippen molar-refractivity contribution in [1.82, 2.24) is 15.1 Å². The third kappa shape index (κ3) is 4.85. The first-order valence-electron chi connectivity index (χ1n) is 8.70. The standard InChI is InChI=1S/C17H33N3O2/c1-13-11-20(16(21)22-17(3,4)5)14(2)10-19(13)12-15-7-6-8-18-9-15/h13-15,18H,6-12H2,1-5H3/t13-,14+,15?/m1/s1. The summed E-state index contributed by atoms with van der Waals surface area (Å²) in [5.74, 6) is 0.747. The fourth-order valence-electron chi connectivity index (χ4n) is 3.44. The van der Waals surface area contributed by atoms with Crippen LogP contribution in [0.4, 0.5) is 4.79 Å². The maximum absolute atomic E-state index is 12.3. The van der Waals surface area contributed by atoms with E-state index in [4.69, 9.17) is 4.74 Å². The van der Waals surface area contributed by atoms with Gasteiger partial charge in [-0.05, 0) is 66.5 Å². The van der Waals surface area contributed by atoms with Gasteiger partial charge >= 0.3 is 6.09 Å². The highest BCUT2D eigenvalue weighted by atomic mass is 16.6. The quantitative estimate of drug-likeness (QED) is 0.850.